The minimum absolute atomic E-state index is 0.396. The Morgan fingerprint density at radius 1 is 1.19 bits per heavy atom. The molecule has 0 amide bonds. The van der Waals surface area contributed by atoms with E-state index < -0.39 is 17.7 Å². The molecule has 1 aliphatic heterocycles. The number of esters is 1. The van der Waals surface area contributed by atoms with E-state index in [1.54, 1.807) is 6.07 Å². The lowest BCUT2D eigenvalue weighted by atomic mass is 10.1. The van der Waals surface area contributed by atoms with E-state index in [4.69, 9.17) is 0 Å². The first-order valence-electron chi connectivity index (χ1n) is 8.73. The minimum atomic E-state index is -4.32. The first-order valence-corrected chi connectivity index (χ1v) is 8.73. The normalized spacial score (nSPS) is 13.6. The number of rotatable bonds is 3. The molecule has 0 spiro atoms. The summed E-state index contributed by atoms with van der Waals surface area (Å²) in [6, 6.07) is 6.90. The Bertz CT molecular complexity index is 774. The number of halogens is 3. The average Bonchev–Trinajstić information content (AvgIpc) is 3.02. The summed E-state index contributed by atoms with van der Waals surface area (Å²) >= 11 is 0. The summed E-state index contributed by atoms with van der Waals surface area (Å²) in [4.78, 5) is 17.9. The molecule has 0 bridgehead atoms. The van der Waals surface area contributed by atoms with Gasteiger partial charge in [-0.2, -0.15) is 13.2 Å². The van der Waals surface area contributed by atoms with Gasteiger partial charge < -0.3 is 4.74 Å². The minimum Gasteiger partial charge on any atom is -0.465 e. The third-order valence-corrected chi connectivity index (χ3v) is 3.94. The van der Waals surface area contributed by atoms with Gasteiger partial charge in [-0.25, -0.2) is 4.79 Å². The third kappa shape index (κ3) is 5.53. The quantitative estimate of drug-likeness (QED) is 0.716. The number of ether oxygens (including phenoxy) is 1. The summed E-state index contributed by atoms with van der Waals surface area (Å²) in [5.74, 6) is -0.438. The Kier molecular flexibility index (Phi) is 6.96. The van der Waals surface area contributed by atoms with Crippen molar-refractivity contribution in [3.8, 4) is 0 Å². The molecule has 0 radical (unpaired) electrons. The van der Waals surface area contributed by atoms with Crippen molar-refractivity contribution in [1.29, 1.82) is 0 Å². The van der Waals surface area contributed by atoms with Crippen LogP contribution in [0.2, 0.25) is 0 Å². The molecule has 0 fully saturated rings. The third-order valence-electron chi connectivity index (χ3n) is 3.94. The molecule has 0 saturated heterocycles. The van der Waals surface area contributed by atoms with Crippen LogP contribution in [-0.2, 0) is 30.5 Å². The Labute approximate surface area is 157 Å². The van der Waals surface area contributed by atoms with E-state index in [1.165, 1.54) is 31.9 Å². The largest absolute Gasteiger partial charge is 0.465 e. The maximum absolute atomic E-state index is 12.6. The van der Waals surface area contributed by atoms with Crippen molar-refractivity contribution in [3.05, 3.63) is 64.5 Å². The number of aromatic nitrogens is 1. The summed E-state index contributed by atoms with van der Waals surface area (Å²) < 4.78 is 42.4. The smallest absolute Gasteiger partial charge is 0.416 e. The first kappa shape index (κ1) is 20.9. The fourth-order valence-electron chi connectivity index (χ4n) is 2.73. The van der Waals surface area contributed by atoms with Crippen molar-refractivity contribution in [2.75, 3.05) is 7.11 Å². The molecule has 0 unspecified atom stereocenters. The fraction of sp³-hybridized carbons (Fsp3) is 0.400. The summed E-state index contributed by atoms with van der Waals surface area (Å²) in [5.41, 5.74) is 2.34. The van der Waals surface area contributed by atoms with Gasteiger partial charge in [-0.3, -0.25) is 9.88 Å². The van der Waals surface area contributed by atoms with Gasteiger partial charge in [-0.1, -0.05) is 32.4 Å². The summed E-state index contributed by atoms with van der Waals surface area (Å²) in [7, 11) is 1.31. The zero-order valence-corrected chi connectivity index (χ0v) is 15.6. The molecular weight excluding hydrogens is 357 g/mol. The van der Waals surface area contributed by atoms with Crippen molar-refractivity contribution < 1.29 is 22.7 Å². The molecule has 0 saturated carbocycles. The molecule has 0 N–H and O–H groups in total. The molecular formula is C20H23F3N2O2. The number of pyridine rings is 1. The number of fused-ring (bicyclic) bond motifs is 1. The number of benzene rings is 1. The summed E-state index contributed by atoms with van der Waals surface area (Å²) in [6.45, 7) is 5.95. The molecule has 2 aromatic rings. The van der Waals surface area contributed by atoms with Crippen LogP contribution in [0.4, 0.5) is 13.2 Å². The van der Waals surface area contributed by atoms with Crippen LogP contribution in [0.3, 0.4) is 0 Å². The van der Waals surface area contributed by atoms with Gasteiger partial charge in [0.05, 0.1) is 23.9 Å². The van der Waals surface area contributed by atoms with Gasteiger partial charge >= 0.3 is 12.1 Å². The van der Waals surface area contributed by atoms with E-state index in [-0.39, 0.29) is 0 Å². The van der Waals surface area contributed by atoms with Crippen LogP contribution >= 0.6 is 0 Å². The number of carbonyl (C=O) groups is 1. The van der Waals surface area contributed by atoms with Crippen molar-refractivity contribution in [1.82, 2.24) is 9.88 Å². The fourth-order valence-corrected chi connectivity index (χ4v) is 2.73. The second-order valence-corrected chi connectivity index (χ2v) is 6.37. The van der Waals surface area contributed by atoms with Gasteiger partial charge in [0.25, 0.3) is 0 Å². The SMILES string of the molecule is CCC.COC(=O)c1cnc2c(c1)CN(Cc1ccc(C(F)(F)F)cc1)C2. The van der Waals surface area contributed by atoms with E-state index in [2.05, 4.69) is 28.5 Å². The van der Waals surface area contributed by atoms with E-state index >= 15 is 0 Å². The Balaban J connectivity index is 0.000000817. The van der Waals surface area contributed by atoms with Gasteiger partial charge in [0.1, 0.15) is 0 Å². The molecule has 0 aliphatic carbocycles. The van der Waals surface area contributed by atoms with Gasteiger partial charge in [0.15, 0.2) is 0 Å². The maximum atomic E-state index is 12.6. The highest BCUT2D eigenvalue weighted by Gasteiger charge is 2.30. The first-order chi connectivity index (χ1) is 12.8. The number of methoxy groups -OCH3 is 1. The monoisotopic (exact) mass is 380 g/mol. The highest BCUT2D eigenvalue weighted by molar-refractivity contribution is 5.89. The molecule has 1 aromatic carbocycles. The number of hydrogen-bond acceptors (Lipinski definition) is 4. The van der Waals surface area contributed by atoms with Crippen LogP contribution < -0.4 is 0 Å². The van der Waals surface area contributed by atoms with Crippen molar-refractivity contribution in [3.63, 3.8) is 0 Å². The van der Waals surface area contributed by atoms with Crippen LogP contribution in [0.5, 0.6) is 0 Å². The van der Waals surface area contributed by atoms with Gasteiger partial charge in [-0.05, 0) is 29.3 Å². The highest BCUT2D eigenvalue weighted by Crippen LogP contribution is 2.30. The second kappa shape index (κ2) is 8.99. The Morgan fingerprint density at radius 3 is 2.37 bits per heavy atom. The number of carbonyl (C=O) groups excluding carboxylic acids is 1. The maximum Gasteiger partial charge on any atom is 0.416 e. The number of nitrogens with zero attached hydrogens (tertiary/aromatic N) is 2. The lowest BCUT2D eigenvalue weighted by Crippen LogP contribution is -2.16. The predicted molar refractivity (Wildman–Crippen MR) is 95.9 cm³/mol. The zero-order chi connectivity index (χ0) is 20.0. The number of hydrogen-bond donors (Lipinski definition) is 0. The zero-order valence-electron chi connectivity index (χ0n) is 15.6. The van der Waals surface area contributed by atoms with Gasteiger partial charge in [-0.15, -0.1) is 0 Å². The lowest BCUT2D eigenvalue weighted by molar-refractivity contribution is -0.137. The molecule has 146 valence electrons. The second-order valence-electron chi connectivity index (χ2n) is 6.37. The molecule has 3 rings (SSSR count). The molecule has 1 aliphatic rings. The highest BCUT2D eigenvalue weighted by atomic mass is 19.4. The van der Waals surface area contributed by atoms with E-state index in [0.29, 0.717) is 25.2 Å². The standard InChI is InChI=1S/C17H15F3N2O2.C3H8/c1-24-16(23)12-6-13-9-22(10-15(13)21-7-12)8-11-2-4-14(5-3-11)17(18,19)20;1-3-2/h2-7H,8-10H2,1H3;3H2,1-2H3. The van der Waals surface area contributed by atoms with Crippen LogP contribution in [0.15, 0.2) is 36.5 Å². The van der Waals surface area contributed by atoms with Crippen LogP contribution in [0.1, 0.15) is 53.0 Å². The van der Waals surface area contributed by atoms with E-state index in [9.17, 15) is 18.0 Å². The average molecular weight is 380 g/mol. The van der Waals surface area contributed by atoms with Crippen molar-refractivity contribution in [2.45, 2.75) is 46.1 Å². The predicted octanol–water partition coefficient (Wildman–Crippen LogP) is 4.82. The molecule has 4 nitrogen and oxygen atoms in total. The Hall–Kier alpha value is -2.41. The van der Waals surface area contributed by atoms with Gasteiger partial charge in [0, 0.05) is 25.8 Å². The van der Waals surface area contributed by atoms with Crippen molar-refractivity contribution in [2.24, 2.45) is 0 Å². The van der Waals surface area contributed by atoms with Crippen LogP contribution in [0, 0.1) is 0 Å². The molecule has 1 aromatic heterocycles. The van der Waals surface area contributed by atoms with Crippen molar-refractivity contribution >= 4 is 5.97 Å². The topological polar surface area (TPSA) is 42.4 Å². The molecule has 2 heterocycles. The molecule has 7 heteroatoms. The van der Waals surface area contributed by atoms with Gasteiger partial charge in [0.2, 0.25) is 0 Å². The van der Waals surface area contributed by atoms with E-state index in [0.717, 1.165) is 29.0 Å². The van der Waals surface area contributed by atoms with E-state index in [1.807, 2.05) is 0 Å². The molecule has 27 heavy (non-hydrogen) atoms. The lowest BCUT2D eigenvalue weighted by Gasteiger charge is -2.15. The summed E-state index contributed by atoms with van der Waals surface area (Å²) in [5, 5.41) is 0. The van der Waals surface area contributed by atoms with Crippen LogP contribution in [0.25, 0.3) is 0 Å². The summed E-state index contributed by atoms with van der Waals surface area (Å²) in [6.07, 6.45) is -1.59. The van der Waals surface area contributed by atoms with Crippen LogP contribution in [-0.4, -0.2) is 23.0 Å². The Morgan fingerprint density at radius 2 is 1.81 bits per heavy atom. The molecule has 0 atom stereocenters. The number of alkyl halides is 3.